The number of hydrogen-bond acceptors (Lipinski definition) is 6. The Morgan fingerprint density at radius 1 is 1.47 bits per heavy atom. The fourth-order valence-corrected chi connectivity index (χ4v) is 3.28. The second kappa shape index (κ2) is 4.04. The molecular weight excluding hydrogens is 262 g/mol. The number of hydrogen-bond donors (Lipinski definition) is 2. The van der Waals surface area contributed by atoms with E-state index in [1.165, 1.54) is 6.07 Å². The van der Waals surface area contributed by atoms with E-state index in [1.54, 1.807) is 19.2 Å². The molecule has 0 aliphatic heterocycles. The minimum atomic E-state index is -3.65. The zero-order chi connectivity index (χ0) is 12.6. The first-order valence-corrected chi connectivity index (χ1v) is 7.06. The average Bonchev–Trinajstić information content (AvgIpc) is 2.80. The van der Waals surface area contributed by atoms with Crippen LogP contribution in [-0.4, -0.2) is 13.6 Å². The first kappa shape index (κ1) is 11.9. The van der Waals surface area contributed by atoms with Crippen molar-refractivity contribution in [2.45, 2.75) is 18.1 Å². The topological polar surface area (TPSA) is 98.2 Å². The highest BCUT2D eigenvalue weighted by Crippen LogP contribution is 2.26. The molecule has 2 heterocycles. The van der Waals surface area contributed by atoms with Crippen LogP contribution in [-0.2, 0) is 10.0 Å². The largest absolute Gasteiger partial charge is 0.398 e. The molecule has 8 heteroatoms. The van der Waals surface area contributed by atoms with E-state index in [2.05, 4.69) is 9.88 Å². The lowest BCUT2D eigenvalue weighted by Crippen LogP contribution is -2.11. The monoisotopic (exact) mass is 273 g/mol. The van der Waals surface area contributed by atoms with E-state index >= 15 is 0 Å². The van der Waals surface area contributed by atoms with Crippen LogP contribution in [0.25, 0.3) is 0 Å². The molecule has 0 aliphatic carbocycles. The Morgan fingerprint density at radius 2 is 2.18 bits per heavy atom. The molecule has 0 amide bonds. The first-order valence-electron chi connectivity index (χ1n) is 4.70. The van der Waals surface area contributed by atoms with Gasteiger partial charge in [-0.1, -0.05) is 5.16 Å². The highest BCUT2D eigenvalue weighted by Gasteiger charge is 2.20. The van der Waals surface area contributed by atoms with Crippen LogP contribution in [0, 0.1) is 13.8 Å². The Balaban J connectivity index is 2.33. The number of aryl methyl sites for hydroxylation is 1. The molecule has 92 valence electrons. The second-order valence-electron chi connectivity index (χ2n) is 3.53. The number of nitrogens with two attached hydrogens (primary N) is 1. The zero-order valence-corrected chi connectivity index (χ0v) is 10.9. The summed E-state index contributed by atoms with van der Waals surface area (Å²) in [4.78, 5) is 0. The lowest BCUT2D eigenvalue weighted by atomic mass is 10.3. The van der Waals surface area contributed by atoms with Crippen LogP contribution >= 0.6 is 11.3 Å². The van der Waals surface area contributed by atoms with Crippen molar-refractivity contribution in [1.29, 1.82) is 0 Å². The average molecular weight is 273 g/mol. The Bertz CT molecular complexity index is 642. The molecule has 3 N–H and O–H groups in total. The molecule has 2 rings (SSSR count). The number of nitrogen functional groups attached to an aromatic ring is 1. The third-order valence-electron chi connectivity index (χ3n) is 2.24. The number of thiophene rings is 1. The van der Waals surface area contributed by atoms with Gasteiger partial charge >= 0.3 is 0 Å². The van der Waals surface area contributed by atoms with Gasteiger partial charge in [0, 0.05) is 16.6 Å². The van der Waals surface area contributed by atoms with E-state index in [9.17, 15) is 8.42 Å². The summed E-state index contributed by atoms with van der Waals surface area (Å²) in [6.07, 6.45) is 0. The van der Waals surface area contributed by atoms with Crippen molar-refractivity contribution < 1.29 is 12.9 Å². The molecule has 0 radical (unpaired) electrons. The molecule has 17 heavy (non-hydrogen) atoms. The molecule has 0 unspecified atom stereocenters. The Labute approximate surface area is 102 Å². The molecule has 0 atom stereocenters. The molecule has 0 saturated carbocycles. The Kier molecular flexibility index (Phi) is 2.84. The van der Waals surface area contributed by atoms with Crippen LogP contribution in [0.5, 0.6) is 0 Å². The lowest BCUT2D eigenvalue weighted by molar-refractivity contribution is 0.430. The predicted molar refractivity (Wildman–Crippen MR) is 65.5 cm³/mol. The van der Waals surface area contributed by atoms with Gasteiger partial charge in [-0.05, 0) is 19.9 Å². The van der Waals surface area contributed by atoms with Gasteiger partial charge in [0.1, 0.15) is 4.21 Å². The molecule has 2 aromatic heterocycles. The third kappa shape index (κ3) is 2.27. The van der Waals surface area contributed by atoms with Gasteiger partial charge < -0.3 is 10.3 Å². The zero-order valence-electron chi connectivity index (χ0n) is 9.22. The number of rotatable bonds is 3. The summed E-state index contributed by atoms with van der Waals surface area (Å²) in [6.45, 7) is 3.46. The van der Waals surface area contributed by atoms with Crippen LogP contribution < -0.4 is 10.5 Å². The van der Waals surface area contributed by atoms with Gasteiger partial charge in [-0.25, -0.2) is 13.1 Å². The Morgan fingerprint density at radius 3 is 2.65 bits per heavy atom. The maximum atomic E-state index is 11.9. The second-order valence-corrected chi connectivity index (χ2v) is 6.35. The lowest BCUT2D eigenvalue weighted by Gasteiger charge is -2.02. The van der Waals surface area contributed by atoms with E-state index in [-0.39, 0.29) is 10.1 Å². The van der Waals surface area contributed by atoms with E-state index < -0.39 is 10.0 Å². The molecule has 2 aromatic rings. The van der Waals surface area contributed by atoms with Crippen molar-refractivity contribution >= 4 is 32.9 Å². The van der Waals surface area contributed by atoms with Gasteiger partial charge in [-0.15, -0.1) is 11.3 Å². The standard InChI is InChI=1S/C9H11N3O3S2/c1-5-6(2)11-15-9(5)12-17(13,14)8-3-7(10)4-16-8/h3-4,12H,10H2,1-2H3. The summed E-state index contributed by atoms with van der Waals surface area (Å²) in [7, 11) is -3.65. The van der Waals surface area contributed by atoms with Crippen LogP contribution in [0.4, 0.5) is 11.6 Å². The smallest absolute Gasteiger partial charge is 0.273 e. The van der Waals surface area contributed by atoms with Crippen molar-refractivity contribution in [2.75, 3.05) is 10.5 Å². The summed E-state index contributed by atoms with van der Waals surface area (Å²) >= 11 is 1.05. The van der Waals surface area contributed by atoms with Gasteiger partial charge in [-0.2, -0.15) is 0 Å². The maximum Gasteiger partial charge on any atom is 0.273 e. The number of nitrogens with zero attached hydrogens (tertiary/aromatic N) is 1. The van der Waals surface area contributed by atoms with Crippen LogP contribution in [0.3, 0.4) is 0 Å². The number of aromatic nitrogens is 1. The molecule has 0 saturated heterocycles. The highest BCUT2D eigenvalue weighted by molar-refractivity contribution is 7.94. The fourth-order valence-electron chi connectivity index (χ4n) is 1.15. The number of sulfonamides is 1. The minimum Gasteiger partial charge on any atom is -0.398 e. The van der Waals surface area contributed by atoms with Crippen molar-refractivity contribution in [2.24, 2.45) is 0 Å². The fraction of sp³-hybridized carbons (Fsp3) is 0.222. The molecule has 0 fully saturated rings. The van der Waals surface area contributed by atoms with Gasteiger partial charge in [-0.3, -0.25) is 0 Å². The first-order chi connectivity index (χ1) is 7.90. The Hall–Kier alpha value is -1.54. The molecule has 6 nitrogen and oxygen atoms in total. The van der Waals surface area contributed by atoms with Crippen molar-refractivity contribution in [3.05, 3.63) is 22.7 Å². The van der Waals surface area contributed by atoms with Crippen molar-refractivity contribution in [3.63, 3.8) is 0 Å². The van der Waals surface area contributed by atoms with E-state index in [0.717, 1.165) is 11.3 Å². The number of nitrogens with one attached hydrogen (secondary N) is 1. The van der Waals surface area contributed by atoms with Gasteiger partial charge in [0.25, 0.3) is 10.0 Å². The molecule has 0 spiro atoms. The molecule has 0 aliphatic rings. The van der Waals surface area contributed by atoms with E-state index in [0.29, 0.717) is 16.9 Å². The van der Waals surface area contributed by atoms with Gasteiger partial charge in [0.15, 0.2) is 0 Å². The van der Waals surface area contributed by atoms with Crippen LogP contribution in [0.15, 0.2) is 20.2 Å². The van der Waals surface area contributed by atoms with Gasteiger partial charge in [0.2, 0.25) is 5.88 Å². The normalized spacial score (nSPS) is 11.6. The van der Waals surface area contributed by atoms with Crippen molar-refractivity contribution in [1.82, 2.24) is 5.16 Å². The van der Waals surface area contributed by atoms with E-state index in [1.807, 2.05) is 0 Å². The maximum absolute atomic E-state index is 11.9. The van der Waals surface area contributed by atoms with E-state index in [4.69, 9.17) is 10.3 Å². The quantitative estimate of drug-likeness (QED) is 0.887. The summed E-state index contributed by atoms with van der Waals surface area (Å²) < 4.78 is 31.2. The summed E-state index contributed by atoms with van der Waals surface area (Å²) in [5.74, 6) is 0.134. The summed E-state index contributed by atoms with van der Waals surface area (Å²) in [5.41, 5.74) is 7.21. The van der Waals surface area contributed by atoms with Crippen LogP contribution in [0.2, 0.25) is 0 Å². The molecular formula is C9H11N3O3S2. The van der Waals surface area contributed by atoms with Crippen molar-refractivity contribution in [3.8, 4) is 0 Å². The number of anilines is 2. The van der Waals surface area contributed by atoms with Gasteiger partial charge in [0.05, 0.1) is 5.69 Å². The summed E-state index contributed by atoms with van der Waals surface area (Å²) in [5, 5.41) is 5.24. The third-order valence-corrected chi connectivity index (χ3v) is 5.03. The highest BCUT2D eigenvalue weighted by atomic mass is 32.2. The SMILES string of the molecule is Cc1noc(NS(=O)(=O)c2cc(N)cs2)c1C. The molecule has 0 bridgehead atoms. The minimum absolute atomic E-state index is 0.134. The molecule has 0 aromatic carbocycles. The van der Waals surface area contributed by atoms with Crippen LogP contribution in [0.1, 0.15) is 11.3 Å². The predicted octanol–water partition coefficient (Wildman–Crippen LogP) is 1.74. The summed E-state index contributed by atoms with van der Waals surface area (Å²) in [6, 6.07) is 1.39.